The number of hydrogen-bond donors (Lipinski definition) is 0. The average Bonchev–Trinajstić information content (AvgIpc) is 2.95. The van der Waals surface area contributed by atoms with Crippen LogP contribution in [0, 0.1) is 18.3 Å². The van der Waals surface area contributed by atoms with Gasteiger partial charge in [0, 0.05) is 18.9 Å². The minimum Gasteiger partial charge on any atom is -0.461 e. The van der Waals surface area contributed by atoms with Crippen molar-refractivity contribution in [1.29, 1.82) is 0 Å². The molecule has 0 bridgehead atoms. The summed E-state index contributed by atoms with van der Waals surface area (Å²) in [4.78, 5) is 28.3. The van der Waals surface area contributed by atoms with Gasteiger partial charge in [0.25, 0.3) is 0 Å². The SMILES string of the molecule is C#CC1CC(=O)N(c2nc(C(=O)OCC)co2)C1. The molecule has 18 heavy (non-hydrogen) atoms. The Bertz CT molecular complexity index is 514. The number of hydrogen-bond acceptors (Lipinski definition) is 5. The van der Waals surface area contributed by atoms with Gasteiger partial charge in [0.2, 0.25) is 5.91 Å². The maximum absolute atomic E-state index is 11.7. The van der Waals surface area contributed by atoms with E-state index in [9.17, 15) is 9.59 Å². The summed E-state index contributed by atoms with van der Waals surface area (Å²) in [6.45, 7) is 2.31. The van der Waals surface area contributed by atoms with Gasteiger partial charge in [-0.15, -0.1) is 12.3 Å². The fourth-order valence-electron chi connectivity index (χ4n) is 1.69. The predicted molar refractivity (Wildman–Crippen MR) is 61.8 cm³/mol. The number of nitrogens with zero attached hydrogens (tertiary/aromatic N) is 2. The lowest BCUT2D eigenvalue weighted by Gasteiger charge is -2.09. The van der Waals surface area contributed by atoms with Crippen LogP contribution in [-0.2, 0) is 9.53 Å². The minimum absolute atomic E-state index is 0.0452. The Kier molecular flexibility index (Phi) is 3.33. The van der Waals surface area contributed by atoms with E-state index in [1.54, 1.807) is 6.92 Å². The molecule has 2 heterocycles. The number of aromatic nitrogens is 1. The quantitative estimate of drug-likeness (QED) is 0.585. The van der Waals surface area contributed by atoms with Crippen LogP contribution in [0.3, 0.4) is 0 Å². The van der Waals surface area contributed by atoms with E-state index in [0.29, 0.717) is 6.54 Å². The van der Waals surface area contributed by atoms with E-state index in [1.165, 1.54) is 11.2 Å². The zero-order valence-corrected chi connectivity index (χ0v) is 9.88. The van der Waals surface area contributed by atoms with Gasteiger partial charge in [0.05, 0.1) is 6.61 Å². The number of oxazole rings is 1. The normalized spacial score (nSPS) is 18.8. The third-order valence-corrected chi connectivity index (χ3v) is 2.57. The molecule has 6 heteroatoms. The first-order valence-electron chi connectivity index (χ1n) is 5.54. The van der Waals surface area contributed by atoms with Gasteiger partial charge in [-0.2, -0.15) is 4.98 Å². The highest BCUT2D eigenvalue weighted by atomic mass is 16.5. The number of anilines is 1. The first-order valence-corrected chi connectivity index (χ1v) is 5.54. The summed E-state index contributed by atoms with van der Waals surface area (Å²) in [6.07, 6.45) is 6.72. The van der Waals surface area contributed by atoms with Gasteiger partial charge >= 0.3 is 12.0 Å². The smallest absolute Gasteiger partial charge is 0.360 e. The number of carbonyl (C=O) groups excluding carboxylic acids is 2. The monoisotopic (exact) mass is 248 g/mol. The number of carbonyl (C=O) groups is 2. The molecule has 1 fully saturated rings. The third kappa shape index (κ3) is 2.20. The summed E-state index contributed by atoms with van der Waals surface area (Å²) >= 11 is 0. The zero-order chi connectivity index (χ0) is 13.1. The Labute approximate surface area is 104 Å². The molecule has 0 saturated carbocycles. The van der Waals surface area contributed by atoms with E-state index in [2.05, 4.69) is 10.9 Å². The maximum Gasteiger partial charge on any atom is 0.360 e. The number of terminal acetylenes is 1. The van der Waals surface area contributed by atoms with Crippen LogP contribution in [0.1, 0.15) is 23.8 Å². The number of esters is 1. The first kappa shape index (κ1) is 12.2. The van der Waals surface area contributed by atoms with Gasteiger partial charge in [0.1, 0.15) is 6.26 Å². The average molecular weight is 248 g/mol. The molecule has 1 atom stereocenters. The molecule has 0 spiro atoms. The minimum atomic E-state index is -0.576. The predicted octanol–water partition coefficient (Wildman–Crippen LogP) is 0.837. The van der Waals surface area contributed by atoms with Gasteiger partial charge in [-0.3, -0.25) is 9.69 Å². The maximum atomic E-state index is 11.7. The van der Waals surface area contributed by atoms with Crippen LogP contribution >= 0.6 is 0 Å². The van der Waals surface area contributed by atoms with Crippen LogP contribution < -0.4 is 4.90 Å². The molecule has 0 aromatic carbocycles. The van der Waals surface area contributed by atoms with Gasteiger partial charge in [-0.1, -0.05) is 0 Å². The third-order valence-electron chi connectivity index (χ3n) is 2.57. The summed E-state index contributed by atoms with van der Waals surface area (Å²) in [5.74, 6) is 1.64. The van der Waals surface area contributed by atoms with Crippen LogP contribution in [0.5, 0.6) is 0 Å². The summed E-state index contributed by atoms with van der Waals surface area (Å²) < 4.78 is 9.88. The Morgan fingerprint density at radius 2 is 2.56 bits per heavy atom. The van der Waals surface area contributed by atoms with Crippen LogP contribution in [0.15, 0.2) is 10.7 Å². The fourth-order valence-corrected chi connectivity index (χ4v) is 1.69. The second kappa shape index (κ2) is 4.92. The molecule has 6 nitrogen and oxygen atoms in total. The number of rotatable bonds is 3. The molecule has 2 rings (SSSR count). The van der Waals surface area contributed by atoms with Crippen LogP contribution in [0.4, 0.5) is 6.01 Å². The standard InChI is InChI=1S/C12H12N2O4/c1-3-8-5-10(15)14(6-8)12-13-9(7-18-12)11(16)17-4-2/h1,7-8H,4-6H2,2H3. The van der Waals surface area contributed by atoms with E-state index >= 15 is 0 Å². The lowest BCUT2D eigenvalue weighted by molar-refractivity contribution is -0.117. The van der Waals surface area contributed by atoms with Crippen LogP contribution in [0.25, 0.3) is 0 Å². The molecule has 1 aromatic heterocycles. The van der Waals surface area contributed by atoms with E-state index in [1.807, 2.05) is 0 Å². The van der Waals surface area contributed by atoms with E-state index in [4.69, 9.17) is 15.6 Å². The van der Waals surface area contributed by atoms with Crippen LogP contribution in [-0.4, -0.2) is 30.0 Å². The van der Waals surface area contributed by atoms with Gasteiger partial charge in [-0.25, -0.2) is 4.79 Å². The highest BCUT2D eigenvalue weighted by Crippen LogP contribution is 2.24. The Balaban J connectivity index is 2.14. The highest BCUT2D eigenvalue weighted by Gasteiger charge is 2.32. The molecule has 1 aromatic rings. The Morgan fingerprint density at radius 3 is 3.17 bits per heavy atom. The molecule has 1 unspecified atom stereocenters. The number of amides is 1. The van der Waals surface area contributed by atoms with Gasteiger partial charge in [-0.05, 0) is 6.92 Å². The topological polar surface area (TPSA) is 72.6 Å². The van der Waals surface area contributed by atoms with Crippen molar-refractivity contribution in [2.24, 2.45) is 5.92 Å². The largest absolute Gasteiger partial charge is 0.461 e. The molecular weight excluding hydrogens is 236 g/mol. The first-order chi connectivity index (χ1) is 8.65. The van der Waals surface area contributed by atoms with E-state index < -0.39 is 5.97 Å². The molecule has 94 valence electrons. The molecule has 0 N–H and O–H groups in total. The van der Waals surface area contributed by atoms with Crippen molar-refractivity contribution in [3.8, 4) is 12.3 Å². The van der Waals surface area contributed by atoms with E-state index in [0.717, 1.165) is 0 Å². The molecule has 0 aliphatic carbocycles. The van der Waals surface area contributed by atoms with Crippen molar-refractivity contribution < 1.29 is 18.7 Å². The molecule has 1 saturated heterocycles. The Morgan fingerprint density at radius 1 is 1.78 bits per heavy atom. The molecule has 1 aliphatic rings. The lowest BCUT2D eigenvalue weighted by Crippen LogP contribution is -2.24. The van der Waals surface area contributed by atoms with Crippen molar-refractivity contribution in [3.05, 3.63) is 12.0 Å². The van der Waals surface area contributed by atoms with Crippen molar-refractivity contribution >= 4 is 17.9 Å². The summed E-state index contributed by atoms with van der Waals surface area (Å²) in [5.41, 5.74) is 0.0452. The lowest BCUT2D eigenvalue weighted by atomic mass is 10.1. The Hall–Kier alpha value is -2.29. The highest BCUT2D eigenvalue weighted by molar-refractivity contribution is 5.95. The summed E-state index contributed by atoms with van der Waals surface area (Å²) in [7, 11) is 0. The second-order valence-corrected chi connectivity index (χ2v) is 3.81. The second-order valence-electron chi connectivity index (χ2n) is 3.81. The van der Waals surface area contributed by atoms with Gasteiger partial charge < -0.3 is 9.15 Å². The van der Waals surface area contributed by atoms with Crippen molar-refractivity contribution in [1.82, 2.24) is 4.98 Å². The fraction of sp³-hybridized carbons (Fsp3) is 0.417. The summed E-state index contributed by atoms with van der Waals surface area (Å²) in [6, 6.07) is 0.0841. The number of ether oxygens (including phenoxy) is 1. The summed E-state index contributed by atoms with van der Waals surface area (Å²) in [5, 5.41) is 0. The molecular formula is C12H12N2O4. The van der Waals surface area contributed by atoms with E-state index in [-0.39, 0.29) is 36.6 Å². The molecule has 1 aliphatic heterocycles. The van der Waals surface area contributed by atoms with Crippen molar-refractivity contribution in [2.45, 2.75) is 13.3 Å². The zero-order valence-electron chi connectivity index (χ0n) is 9.88. The molecule has 0 radical (unpaired) electrons. The van der Waals surface area contributed by atoms with Gasteiger partial charge in [0.15, 0.2) is 5.69 Å². The van der Waals surface area contributed by atoms with Crippen molar-refractivity contribution in [3.63, 3.8) is 0 Å². The van der Waals surface area contributed by atoms with Crippen molar-refractivity contribution in [2.75, 3.05) is 18.1 Å². The van der Waals surface area contributed by atoms with Crippen LogP contribution in [0.2, 0.25) is 0 Å². The molecule has 1 amide bonds.